The topological polar surface area (TPSA) is 83.8 Å². The summed E-state index contributed by atoms with van der Waals surface area (Å²) in [5.41, 5.74) is 9.48. The average molecular weight is 390 g/mol. The van der Waals surface area contributed by atoms with Crippen LogP contribution in [0.2, 0.25) is 0 Å². The second-order valence-corrected chi connectivity index (χ2v) is 6.32. The highest BCUT2D eigenvalue weighted by atomic mass is 19.3. The van der Waals surface area contributed by atoms with Crippen LogP contribution in [0.4, 0.5) is 8.78 Å². The number of oxime groups is 1. The van der Waals surface area contributed by atoms with Gasteiger partial charge in [0.2, 0.25) is 5.84 Å². The van der Waals surface area contributed by atoms with E-state index in [1.54, 1.807) is 17.7 Å². The number of nitrogens with two attached hydrogens (primary N) is 1. The fourth-order valence-corrected chi connectivity index (χ4v) is 2.43. The minimum Gasteiger partial charge on any atom is -0.485 e. The number of hydrogen-bond acceptors (Lipinski definition) is 6. The molecule has 0 atom stereocenters. The molecule has 1 heterocycles. The van der Waals surface area contributed by atoms with Gasteiger partial charge in [-0.25, -0.2) is 8.78 Å². The molecule has 2 aromatic carbocycles. The van der Waals surface area contributed by atoms with Gasteiger partial charge in [-0.3, -0.25) is 5.43 Å². The summed E-state index contributed by atoms with van der Waals surface area (Å²) in [6, 6.07) is 13.5. The molecule has 0 saturated heterocycles. The van der Waals surface area contributed by atoms with Crippen molar-refractivity contribution in [3.05, 3.63) is 65.2 Å². The van der Waals surface area contributed by atoms with Crippen LogP contribution >= 0.6 is 0 Å². The van der Waals surface area contributed by atoms with Crippen LogP contribution in [0.15, 0.2) is 58.8 Å². The van der Waals surface area contributed by atoms with Gasteiger partial charge in [0, 0.05) is 12.5 Å². The number of quaternary nitrogens is 1. The Bertz CT molecular complexity index is 846. The predicted octanol–water partition coefficient (Wildman–Crippen LogP) is 2.02. The van der Waals surface area contributed by atoms with E-state index in [9.17, 15) is 8.78 Å². The van der Waals surface area contributed by atoms with Crippen molar-refractivity contribution in [1.82, 2.24) is 11.0 Å². The first-order valence-electron chi connectivity index (χ1n) is 8.69. The lowest BCUT2D eigenvalue weighted by atomic mass is 10.1. The van der Waals surface area contributed by atoms with Gasteiger partial charge in [0.05, 0.1) is 5.71 Å². The van der Waals surface area contributed by atoms with E-state index in [0.29, 0.717) is 23.9 Å². The normalized spacial score (nSPS) is 14.4. The van der Waals surface area contributed by atoms with Gasteiger partial charge in [-0.05, 0) is 47.4 Å². The Morgan fingerprint density at radius 3 is 2.43 bits per heavy atom. The molecule has 0 unspecified atom stereocenters. The van der Waals surface area contributed by atoms with Crippen LogP contribution < -0.4 is 21.2 Å². The maximum atomic E-state index is 13.2. The van der Waals surface area contributed by atoms with E-state index in [2.05, 4.69) is 21.2 Å². The van der Waals surface area contributed by atoms with E-state index in [4.69, 9.17) is 9.57 Å². The van der Waals surface area contributed by atoms with Crippen LogP contribution in [0.25, 0.3) is 0 Å². The molecule has 0 aliphatic carbocycles. The Hall–Kier alpha value is -3.04. The molecule has 7 nitrogen and oxygen atoms in total. The minimum absolute atomic E-state index is 0.0246. The molecule has 28 heavy (non-hydrogen) atoms. The fraction of sp³-hybridized carbons (Fsp3) is 0.263. The summed E-state index contributed by atoms with van der Waals surface area (Å²) in [6.45, 7) is 3.24. The van der Waals surface area contributed by atoms with Crippen LogP contribution in [-0.2, 0) is 17.4 Å². The van der Waals surface area contributed by atoms with Crippen LogP contribution in [-0.4, -0.2) is 18.2 Å². The molecule has 2 aromatic rings. The zero-order chi connectivity index (χ0) is 20.0. The van der Waals surface area contributed by atoms with Crippen LogP contribution in [0.5, 0.6) is 5.75 Å². The van der Waals surface area contributed by atoms with Gasteiger partial charge in [-0.2, -0.15) is 0 Å². The van der Waals surface area contributed by atoms with Crippen molar-refractivity contribution in [3.63, 3.8) is 0 Å². The first kappa shape index (κ1) is 19.7. The fourth-order valence-electron chi connectivity index (χ4n) is 2.43. The number of nitrogens with zero attached hydrogens (tertiary/aromatic N) is 2. The third kappa shape index (κ3) is 5.48. The zero-order valence-electron chi connectivity index (χ0n) is 15.6. The minimum atomic E-state index is -2.85. The lowest BCUT2D eigenvalue weighted by Gasteiger charge is -2.10. The lowest BCUT2D eigenvalue weighted by Crippen LogP contribution is -2.87. The molecule has 3 rings (SSSR count). The molecule has 0 radical (unpaired) electrons. The number of nitrogens with one attached hydrogen (secondary N) is 2. The Kier molecular flexibility index (Phi) is 6.17. The second-order valence-electron chi connectivity index (χ2n) is 6.32. The van der Waals surface area contributed by atoms with Crippen molar-refractivity contribution < 1.29 is 23.9 Å². The summed E-state index contributed by atoms with van der Waals surface area (Å²) in [6.07, 6.45) is 0. The first-order chi connectivity index (χ1) is 13.4. The predicted molar refractivity (Wildman–Crippen MR) is 101 cm³/mol. The van der Waals surface area contributed by atoms with Crippen LogP contribution in [0, 0.1) is 0 Å². The van der Waals surface area contributed by atoms with Crippen LogP contribution in [0.3, 0.4) is 0 Å². The summed E-state index contributed by atoms with van der Waals surface area (Å²) >= 11 is 0. The Balaban J connectivity index is 1.50. The van der Waals surface area contributed by atoms with Gasteiger partial charge in [0.15, 0.2) is 6.61 Å². The SMILES string of the molecule is CC(=NOCc1ccc(C(C)(F)F)cc1)c1ccc(OCC2=N[NH2+]NN2)cc1. The molecule has 148 valence electrons. The van der Waals surface area contributed by atoms with Gasteiger partial charge in [0.25, 0.3) is 5.92 Å². The smallest absolute Gasteiger partial charge is 0.270 e. The Labute approximate surface area is 161 Å². The number of amidine groups is 1. The highest BCUT2D eigenvalue weighted by molar-refractivity contribution is 5.98. The molecule has 0 fully saturated rings. The first-order valence-corrected chi connectivity index (χ1v) is 8.69. The van der Waals surface area contributed by atoms with E-state index in [1.165, 1.54) is 12.1 Å². The summed E-state index contributed by atoms with van der Waals surface area (Å²) in [7, 11) is 0. The number of ether oxygens (including phenoxy) is 1. The molecular formula is C19H22F2N5O2+. The van der Waals surface area contributed by atoms with Gasteiger partial charge in [-0.1, -0.05) is 35.0 Å². The van der Waals surface area contributed by atoms with Gasteiger partial charge >= 0.3 is 0 Å². The summed E-state index contributed by atoms with van der Waals surface area (Å²) in [5, 5.41) is 8.13. The number of benzene rings is 2. The summed E-state index contributed by atoms with van der Waals surface area (Å²) < 4.78 is 32.0. The zero-order valence-corrected chi connectivity index (χ0v) is 15.6. The molecule has 0 bridgehead atoms. The third-order valence-electron chi connectivity index (χ3n) is 4.04. The molecule has 1 aliphatic heterocycles. The van der Waals surface area contributed by atoms with Crippen molar-refractivity contribution in [2.45, 2.75) is 26.4 Å². The molecule has 0 amide bonds. The van der Waals surface area contributed by atoms with Gasteiger partial charge < -0.3 is 9.57 Å². The summed E-state index contributed by atoms with van der Waals surface area (Å²) in [4.78, 5) is 5.34. The number of hydrazine groups is 1. The van der Waals surface area contributed by atoms with E-state index in [-0.39, 0.29) is 12.2 Å². The number of hydrogen-bond donors (Lipinski definition) is 3. The van der Waals surface area contributed by atoms with Crippen molar-refractivity contribution in [2.24, 2.45) is 10.3 Å². The Morgan fingerprint density at radius 1 is 1.11 bits per heavy atom. The standard InChI is InChI=1S/C19H21F2N5O2/c1-13(24-28-11-14-3-7-16(8-4-14)19(2,20)21)15-5-9-17(10-6-15)27-12-18-22-25-26-23-18/h3-10,25-26H,11-12H2,1-2H3,(H,22,23)/p+1. The van der Waals surface area contributed by atoms with E-state index in [0.717, 1.165) is 18.1 Å². The van der Waals surface area contributed by atoms with Gasteiger partial charge in [-0.15, -0.1) is 5.53 Å². The second kappa shape index (κ2) is 8.77. The molecule has 0 saturated carbocycles. The molecule has 9 heteroatoms. The van der Waals surface area contributed by atoms with Crippen LogP contribution in [0.1, 0.15) is 30.5 Å². The molecule has 1 aliphatic rings. The van der Waals surface area contributed by atoms with Crippen molar-refractivity contribution in [1.29, 1.82) is 0 Å². The number of halogens is 2. The molecule has 4 N–H and O–H groups in total. The highest BCUT2D eigenvalue weighted by Gasteiger charge is 2.23. The quantitative estimate of drug-likeness (QED) is 0.366. The molecule has 0 spiro atoms. The van der Waals surface area contributed by atoms with Crippen molar-refractivity contribution >= 4 is 11.5 Å². The van der Waals surface area contributed by atoms with Crippen molar-refractivity contribution in [3.8, 4) is 5.75 Å². The monoisotopic (exact) mass is 390 g/mol. The largest absolute Gasteiger partial charge is 0.485 e. The number of alkyl halides is 2. The van der Waals surface area contributed by atoms with Crippen molar-refractivity contribution in [2.75, 3.05) is 6.61 Å². The van der Waals surface area contributed by atoms with E-state index >= 15 is 0 Å². The van der Waals surface area contributed by atoms with E-state index < -0.39 is 5.92 Å². The third-order valence-corrected chi connectivity index (χ3v) is 4.04. The van der Waals surface area contributed by atoms with Gasteiger partial charge in [0.1, 0.15) is 12.4 Å². The lowest BCUT2D eigenvalue weighted by molar-refractivity contribution is -0.713. The van der Waals surface area contributed by atoms with E-state index in [1.807, 2.05) is 31.2 Å². The maximum absolute atomic E-state index is 13.2. The highest BCUT2D eigenvalue weighted by Crippen LogP contribution is 2.26. The maximum Gasteiger partial charge on any atom is 0.270 e. The molecule has 0 aromatic heterocycles. The molecular weight excluding hydrogens is 368 g/mol. The summed E-state index contributed by atoms with van der Waals surface area (Å²) in [5.74, 6) is -1.44. The average Bonchev–Trinajstić information content (AvgIpc) is 3.20. The number of rotatable bonds is 8. The Morgan fingerprint density at radius 2 is 1.82 bits per heavy atom.